The predicted molar refractivity (Wildman–Crippen MR) is 49.9 cm³/mol. The van der Waals surface area contributed by atoms with E-state index >= 15 is 0 Å². The van der Waals surface area contributed by atoms with Gasteiger partial charge < -0.3 is 0 Å². The van der Waals surface area contributed by atoms with E-state index in [1.807, 2.05) is 19.2 Å². The van der Waals surface area contributed by atoms with Crippen LogP contribution in [0.4, 0.5) is 0 Å². The second kappa shape index (κ2) is 2.53. The van der Waals surface area contributed by atoms with Crippen LogP contribution in [-0.4, -0.2) is 9.97 Å². The van der Waals surface area contributed by atoms with Crippen molar-refractivity contribution in [3.8, 4) is 0 Å². The third-order valence-corrected chi connectivity index (χ3v) is 2.89. The second-order valence-corrected chi connectivity index (χ2v) is 4.50. The molecule has 56 valence electrons. The molecule has 2 nitrogen and oxygen atoms in total. The first-order valence-corrected chi connectivity index (χ1v) is 4.76. The van der Waals surface area contributed by atoms with Crippen molar-refractivity contribution in [2.45, 2.75) is 6.92 Å². The van der Waals surface area contributed by atoms with Gasteiger partial charge in [0.1, 0.15) is 10.3 Å². The smallest absolute Gasteiger partial charge is 0.161 e. The maximum Gasteiger partial charge on any atom is 0.161 e. The number of rotatable bonds is 0. The summed E-state index contributed by atoms with van der Waals surface area (Å²) in [7, 11) is 0. The zero-order valence-corrected chi connectivity index (χ0v) is 8.24. The average molecular weight is 229 g/mol. The van der Waals surface area contributed by atoms with Gasteiger partial charge in [-0.1, -0.05) is 11.3 Å². The maximum atomic E-state index is 4.29. The van der Waals surface area contributed by atoms with E-state index in [9.17, 15) is 0 Å². The van der Waals surface area contributed by atoms with Crippen molar-refractivity contribution >= 4 is 37.6 Å². The van der Waals surface area contributed by atoms with E-state index in [0.717, 1.165) is 14.3 Å². The molecule has 0 bridgehead atoms. The summed E-state index contributed by atoms with van der Waals surface area (Å²) in [4.78, 5) is 9.47. The van der Waals surface area contributed by atoms with Crippen molar-refractivity contribution in [3.05, 3.63) is 21.7 Å². The first-order chi connectivity index (χ1) is 5.27. The fraction of sp³-hybridized carbons (Fsp3) is 0.143. The molecule has 0 saturated carbocycles. The lowest BCUT2D eigenvalue weighted by Crippen LogP contribution is -1.77. The van der Waals surface area contributed by atoms with Gasteiger partial charge in [0.2, 0.25) is 0 Å². The lowest BCUT2D eigenvalue weighted by Gasteiger charge is -1.89. The molecule has 0 aromatic carbocycles. The maximum absolute atomic E-state index is 4.29. The summed E-state index contributed by atoms with van der Waals surface area (Å²) in [6, 6.07) is 1.97. The lowest BCUT2D eigenvalue weighted by molar-refractivity contribution is 1.34. The summed E-state index contributed by atoms with van der Waals surface area (Å²) in [6.45, 7) is 2.04. The Labute approximate surface area is 76.4 Å². The van der Waals surface area contributed by atoms with E-state index < -0.39 is 0 Å². The summed E-state index contributed by atoms with van der Waals surface area (Å²) in [5.74, 6) is 0. The normalized spacial score (nSPS) is 10.7. The van der Waals surface area contributed by atoms with Gasteiger partial charge in [-0.25, -0.2) is 9.97 Å². The van der Waals surface area contributed by atoms with Gasteiger partial charge >= 0.3 is 0 Å². The number of aromatic nitrogens is 2. The van der Waals surface area contributed by atoms with Gasteiger partial charge in [0, 0.05) is 6.20 Å². The van der Waals surface area contributed by atoms with E-state index in [4.69, 9.17) is 0 Å². The van der Waals surface area contributed by atoms with Crippen LogP contribution in [0.3, 0.4) is 0 Å². The topological polar surface area (TPSA) is 25.8 Å². The Kier molecular flexibility index (Phi) is 1.65. The first kappa shape index (κ1) is 7.18. The Balaban J connectivity index is 2.90. The molecule has 2 aromatic rings. The highest BCUT2D eigenvalue weighted by atomic mass is 79.9. The van der Waals surface area contributed by atoms with E-state index in [1.165, 1.54) is 5.56 Å². The molecule has 0 spiro atoms. The Morgan fingerprint density at radius 1 is 1.55 bits per heavy atom. The second-order valence-electron chi connectivity index (χ2n) is 2.25. The molecule has 0 aliphatic carbocycles. The molecule has 0 saturated heterocycles. The van der Waals surface area contributed by atoms with Gasteiger partial charge in [-0.15, -0.1) is 0 Å². The zero-order chi connectivity index (χ0) is 7.84. The SMILES string of the molecule is Cc1ccnc2sc(Br)nc12. The number of hydrogen-bond donors (Lipinski definition) is 0. The van der Waals surface area contributed by atoms with E-state index in [1.54, 1.807) is 11.3 Å². The highest BCUT2D eigenvalue weighted by Gasteiger charge is 2.03. The summed E-state index contributed by atoms with van der Waals surface area (Å²) in [5.41, 5.74) is 2.18. The van der Waals surface area contributed by atoms with Gasteiger partial charge in [0.15, 0.2) is 3.92 Å². The predicted octanol–water partition coefficient (Wildman–Crippen LogP) is 2.76. The molecule has 0 amide bonds. The minimum atomic E-state index is 0.898. The van der Waals surface area contributed by atoms with Gasteiger partial charge in [0.05, 0.1) is 0 Å². The summed E-state index contributed by atoms with van der Waals surface area (Å²) >= 11 is 4.89. The van der Waals surface area contributed by atoms with Crippen LogP contribution in [0.25, 0.3) is 10.3 Å². The minimum Gasteiger partial charge on any atom is -0.244 e. The van der Waals surface area contributed by atoms with Crippen LogP contribution in [0, 0.1) is 6.92 Å². The van der Waals surface area contributed by atoms with Gasteiger partial charge in [-0.3, -0.25) is 0 Å². The average Bonchev–Trinajstić information content (AvgIpc) is 2.31. The highest BCUT2D eigenvalue weighted by Crippen LogP contribution is 2.25. The summed E-state index contributed by atoms with van der Waals surface area (Å²) < 4.78 is 0.898. The van der Waals surface area contributed by atoms with Crippen LogP contribution in [0.5, 0.6) is 0 Å². The number of pyridine rings is 1. The molecule has 2 rings (SSSR count). The molecule has 0 aliphatic heterocycles. The van der Waals surface area contributed by atoms with Crippen LogP contribution in [0.2, 0.25) is 0 Å². The number of hydrogen-bond acceptors (Lipinski definition) is 3. The molecule has 11 heavy (non-hydrogen) atoms. The molecule has 2 heterocycles. The van der Waals surface area contributed by atoms with Gasteiger partial charge in [0.25, 0.3) is 0 Å². The molecule has 0 atom stereocenters. The van der Waals surface area contributed by atoms with Crippen molar-refractivity contribution in [1.29, 1.82) is 0 Å². The van der Waals surface area contributed by atoms with E-state index in [0.29, 0.717) is 0 Å². The van der Waals surface area contributed by atoms with Crippen molar-refractivity contribution in [1.82, 2.24) is 9.97 Å². The van der Waals surface area contributed by atoms with Crippen LogP contribution >= 0.6 is 27.3 Å². The fourth-order valence-electron chi connectivity index (χ4n) is 0.927. The summed E-state index contributed by atoms with van der Waals surface area (Å²) in [6.07, 6.45) is 1.81. The molecule has 0 N–H and O–H groups in total. The van der Waals surface area contributed by atoms with Gasteiger partial charge in [-0.05, 0) is 34.5 Å². The molecule has 0 radical (unpaired) electrons. The molecular weight excluding hydrogens is 224 g/mol. The number of nitrogens with zero attached hydrogens (tertiary/aromatic N) is 2. The largest absolute Gasteiger partial charge is 0.244 e. The minimum absolute atomic E-state index is 0.898. The standard InChI is InChI=1S/C7H5BrN2S/c1-4-2-3-9-6-5(4)10-7(8)11-6/h2-3H,1H3. The third kappa shape index (κ3) is 1.16. The summed E-state index contributed by atoms with van der Waals surface area (Å²) in [5, 5.41) is 0. The van der Waals surface area contributed by atoms with Crippen LogP contribution in [-0.2, 0) is 0 Å². The van der Waals surface area contributed by atoms with Crippen molar-refractivity contribution in [2.24, 2.45) is 0 Å². The third-order valence-electron chi connectivity index (χ3n) is 1.47. The molecular formula is C7H5BrN2S. The van der Waals surface area contributed by atoms with E-state index in [2.05, 4.69) is 25.9 Å². The first-order valence-electron chi connectivity index (χ1n) is 3.15. The van der Waals surface area contributed by atoms with Crippen molar-refractivity contribution < 1.29 is 0 Å². The lowest BCUT2D eigenvalue weighted by atomic mass is 10.3. The molecule has 0 aliphatic rings. The molecule has 0 unspecified atom stereocenters. The number of fused-ring (bicyclic) bond motifs is 1. The van der Waals surface area contributed by atoms with Crippen LogP contribution < -0.4 is 0 Å². The Morgan fingerprint density at radius 2 is 2.36 bits per heavy atom. The fourth-order valence-corrected chi connectivity index (χ4v) is 2.28. The van der Waals surface area contributed by atoms with Gasteiger partial charge in [-0.2, -0.15) is 0 Å². The van der Waals surface area contributed by atoms with E-state index in [-0.39, 0.29) is 0 Å². The monoisotopic (exact) mass is 228 g/mol. The Hall–Kier alpha value is -0.480. The Morgan fingerprint density at radius 3 is 3.09 bits per heavy atom. The molecule has 4 heteroatoms. The molecule has 0 fully saturated rings. The Bertz CT molecular complexity index is 396. The zero-order valence-electron chi connectivity index (χ0n) is 5.84. The number of halogens is 1. The highest BCUT2D eigenvalue weighted by molar-refractivity contribution is 9.11. The number of aryl methyl sites for hydroxylation is 1. The molecule has 2 aromatic heterocycles. The van der Waals surface area contributed by atoms with Crippen molar-refractivity contribution in [3.63, 3.8) is 0 Å². The van der Waals surface area contributed by atoms with Crippen LogP contribution in [0.1, 0.15) is 5.56 Å². The number of thiazole rings is 1. The van der Waals surface area contributed by atoms with Crippen molar-refractivity contribution in [2.75, 3.05) is 0 Å². The van der Waals surface area contributed by atoms with Crippen LogP contribution in [0.15, 0.2) is 16.2 Å². The quantitative estimate of drug-likeness (QED) is 0.694.